The molecule has 2 aromatic heterocycles. The van der Waals surface area contributed by atoms with Gasteiger partial charge in [-0.15, -0.1) is 0 Å². The summed E-state index contributed by atoms with van der Waals surface area (Å²) < 4.78 is 63.3. The van der Waals surface area contributed by atoms with E-state index in [4.69, 9.17) is 57.3 Å². The second kappa shape index (κ2) is 37.2. The van der Waals surface area contributed by atoms with Crippen LogP contribution in [0.1, 0.15) is 142 Å². The molecule has 2 aliphatic heterocycles. The predicted molar refractivity (Wildman–Crippen MR) is 295 cm³/mol. The van der Waals surface area contributed by atoms with Crippen molar-refractivity contribution in [2.75, 3.05) is 119 Å². The van der Waals surface area contributed by atoms with Crippen LogP contribution in [0.25, 0.3) is 33.7 Å². The zero-order valence-electron chi connectivity index (χ0n) is 46.3. The van der Waals surface area contributed by atoms with Gasteiger partial charge in [0.15, 0.2) is 34.6 Å². The lowest BCUT2D eigenvalue weighted by atomic mass is 10.1. The summed E-state index contributed by atoms with van der Waals surface area (Å²) in [6, 6.07) is 7.37. The van der Waals surface area contributed by atoms with Crippen LogP contribution in [0.2, 0.25) is 0 Å². The Bertz CT molecular complexity index is 2080. The average molecular weight is 1070 g/mol. The van der Waals surface area contributed by atoms with Crippen molar-refractivity contribution in [2.45, 2.75) is 155 Å². The Morgan fingerprint density at radius 2 is 0.645 bits per heavy atom. The number of nitrogens with one attached hydrogen (secondary N) is 2. The van der Waals surface area contributed by atoms with Gasteiger partial charge in [0.2, 0.25) is 11.8 Å². The molecule has 6 rings (SSSR count). The normalized spacial score (nSPS) is 15.9. The maximum Gasteiger partial charge on any atom is 0.240 e. The summed E-state index contributed by atoms with van der Waals surface area (Å²) in [5.74, 6) is 2.32. The summed E-state index contributed by atoms with van der Waals surface area (Å²) in [5, 5.41) is 6.37. The zero-order valence-corrected chi connectivity index (χ0v) is 46.3. The number of aromatic nitrogens is 4. The van der Waals surface area contributed by atoms with E-state index in [1.807, 2.05) is 33.4 Å². The molecule has 2 aliphatic rings. The number of benzene rings is 2. The topological polar surface area (TPSA) is 186 Å². The Morgan fingerprint density at radius 1 is 0.382 bits per heavy atom. The molecule has 0 saturated carbocycles. The van der Waals surface area contributed by atoms with Crippen LogP contribution in [0.4, 0.5) is 0 Å². The number of carbonyl (C=O) groups excluding carboxylic acids is 2. The number of rotatable bonds is 27. The van der Waals surface area contributed by atoms with Gasteiger partial charge in [0.25, 0.3) is 0 Å². The molecule has 4 heterocycles. The molecule has 18 heteroatoms. The second-order valence-electron chi connectivity index (χ2n) is 19.8. The molecular formula is C58H92N6O12. The number of fused-ring (bicyclic) bond motifs is 4. The van der Waals surface area contributed by atoms with Gasteiger partial charge in [0.05, 0.1) is 101 Å². The Hall–Kier alpha value is -4.72. The fourth-order valence-corrected chi connectivity index (χ4v) is 9.38. The summed E-state index contributed by atoms with van der Waals surface area (Å²) in [5.41, 5.74) is 2.37. The van der Waals surface area contributed by atoms with Crippen molar-refractivity contribution >= 4 is 33.9 Å². The highest BCUT2D eigenvalue weighted by molar-refractivity contribution is 5.90. The maximum absolute atomic E-state index is 14.1. The molecule has 0 spiro atoms. The monoisotopic (exact) mass is 1060 g/mol. The summed E-state index contributed by atoms with van der Waals surface area (Å²) >= 11 is 0. The molecule has 0 bridgehead atoms. The molecule has 0 radical (unpaired) electrons. The first-order valence-corrected chi connectivity index (χ1v) is 29.2. The van der Waals surface area contributed by atoms with E-state index in [1.54, 1.807) is 0 Å². The van der Waals surface area contributed by atoms with Crippen LogP contribution in [0, 0.1) is 0 Å². The van der Waals surface area contributed by atoms with E-state index in [1.165, 1.54) is 89.9 Å². The predicted octanol–water partition coefficient (Wildman–Crippen LogP) is 9.77. The van der Waals surface area contributed by atoms with E-state index < -0.39 is 0 Å². The first kappa shape index (κ1) is 60.5. The van der Waals surface area contributed by atoms with Gasteiger partial charge < -0.3 is 67.1 Å². The van der Waals surface area contributed by atoms with Crippen molar-refractivity contribution in [1.29, 1.82) is 0 Å². The van der Waals surface area contributed by atoms with E-state index in [-0.39, 0.29) is 51.3 Å². The lowest BCUT2D eigenvalue weighted by Gasteiger charge is -2.15. The van der Waals surface area contributed by atoms with E-state index in [0.717, 1.165) is 38.5 Å². The van der Waals surface area contributed by atoms with E-state index in [2.05, 4.69) is 24.5 Å². The van der Waals surface area contributed by atoms with Gasteiger partial charge in [-0.3, -0.25) is 9.59 Å². The minimum Gasteiger partial charge on any atom is -0.487 e. The van der Waals surface area contributed by atoms with Crippen LogP contribution in [0.15, 0.2) is 24.3 Å². The lowest BCUT2D eigenvalue weighted by Crippen LogP contribution is -2.30. The minimum atomic E-state index is -0.170. The number of carbonyl (C=O) groups is 2. The van der Waals surface area contributed by atoms with Crippen molar-refractivity contribution in [2.24, 2.45) is 0 Å². The molecular weight excluding hydrogens is 973 g/mol. The number of hydrogen-bond donors (Lipinski definition) is 2. The lowest BCUT2D eigenvalue weighted by molar-refractivity contribution is -0.122. The molecule has 2 aromatic carbocycles. The van der Waals surface area contributed by atoms with Gasteiger partial charge in [-0.2, -0.15) is 0 Å². The standard InChI is InChI=1S/C58H92N6O12/c1-3-5-7-9-11-13-15-17-19-21-23-59-55(65)45-63-49-43-53-51(73-37-33-69-29-25-67-27-31-71-35-39-75-53)41-47(49)61-57(63)58-62-48-42-52-54(76-40-36-72-32-28-68-26-30-70-34-38-74-52)44-50(48)64(58)46-56(66)60-24-22-20-18-16-14-12-10-8-6-4-2/h41-44H,3-40,45-46H2,1-2H3,(H,59,65)(H,60,66). The molecule has 0 unspecified atom stereocenters. The van der Waals surface area contributed by atoms with Gasteiger partial charge >= 0.3 is 0 Å². The Morgan fingerprint density at radius 3 is 0.947 bits per heavy atom. The van der Waals surface area contributed by atoms with Crippen molar-refractivity contribution in [1.82, 2.24) is 29.7 Å². The molecule has 18 nitrogen and oxygen atoms in total. The van der Waals surface area contributed by atoms with Gasteiger partial charge in [-0.25, -0.2) is 9.97 Å². The second-order valence-corrected chi connectivity index (χ2v) is 19.8. The Kier molecular flexibility index (Phi) is 29.6. The van der Waals surface area contributed by atoms with Crippen LogP contribution in [-0.4, -0.2) is 150 Å². The van der Waals surface area contributed by atoms with Gasteiger partial charge in [-0.05, 0) is 12.8 Å². The Labute approximate surface area is 452 Å². The largest absolute Gasteiger partial charge is 0.487 e. The fraction of sp³-hybridized carbons (Fsp3) is 0.724. The molecule has 76 heavy (non-hydrogen) atoms. The molecule has 4 aromatic rings. The Balaban J connectivity index is 1.31. The van der Waals surface area contributed by atoms with Crippen molar-refractivity contribution in [3.05, 3.63) is 24.3 Å². The van der Waals surface area contributed by atoms with E-state index in [0.29, 0.717) is 149 Å². The minimum absolute atomic E-state index is 0.0674. The molecule has 0 atom stereocenters. The third-order valence-corrected chi connectivity index (χ3v) is 13.6. The van der Waals surface area contributed by atoms with Gasteiger partial charge in [0.1, 0.15) is 39.5 Å². The zero-order chi connectivity index (χ0) is 53.1. The summed E-state index contributed by atoms with van der Waals surface area (Å²) in [6.07, 6.45) is 24.1. The van der Waals surface area contributed by atoms with Crippen LogP contribution in [0.3, 0.4) is 0 Å². The van der Waals surface area contributed by atoms with Crippen LogP contribution < -0.4 is 29.6 Å². The highest BCUT2D eigenvalue weighted by Gasteiger charge is 2.26. The third kappa shape index (κ3) is 22.0. The molecule has 2 N–H and O–H groups in total. The molecule has 0 saturated heterocycles. The van der Waals surface area contributed by atoms with E-state index >= 15 is 0 Å². The van der Waals surface area contributed by atoms with E-state index in [9.17, 15) is 9.59 Å². The smallest absolute Gasteiger partial charge is 0.240 e. The number of amides is 2. The first-order valence-electron chi connectivity index (χ1n) is 29.2. The molecule has 0 fully saturated rings. The first-order chi connectivity index (χ1) is 37.6. The van der Waals surface area contributed by atoms with Crippen LogP contribution in [-0.2, 0) is 51.1 Å². The van der Waals surface area contributed by atoms with Crippen molar-refractivity contribution in [3.63, 3.8) is 0 Å². The quantitative estimate of drug-likeness (QED) is 0.0538. The molecule has 0 aliphatic carbocycles. The van der Waals surface area contributed by atoms with Crippen LogP contribution >= 0.6 is 0 Å². The summed E-state index contributed by atoms with van der Waals surface area (Å²) in [6.45, 7) is 11.4. The number of hydrogen-bond acceptors (Lipinski definition) is 14. The highest BCUT2D eigenvalue weighted by atomic mass is 16.6. The average Bonchev–Trinajstić information content (AvgIpc) is 3.96. The van der Waals surface area contributed by atoms with Gasteiger partial charge in [-0.1, -0.05) is 129 Å². The van der Waals surface area contributed by atoms with Crippen LogP contribution in [0.5, 0.6) is 23.0 Å². The molecule has 2 amide bonds. The maximum atomic E-state index is 14.1. The third-order valence-electron chi connectivity index (χ3n) is 13.6. The summed E-state index contributed by atoms with van der Waals surface area (Å²) in [7, 11) is 0. The number of nitrogens with zero attached hydrogens (tertiary/aromatic N) is 4. The number of imidazole rings is 2. The number of ether oxygens (including phenoxy) is 10. The summed E-state index contributed by atoms with van der Waals surface area (Å²) in [4.78, 5) is 38.7. The van der Waals surface area contributed by atoms with Crippen molar-refractivity contribution in [3.8, 4) is 34.6 Å². The fourth-order valence-electron chi connectivity index (χ4n) is 9.38. The van der Waals surface area contributed by atoms with Gasteiger partial charge in [0, 0.05) is 37.4 Å². The SMILES string of the molecule is CCCCCCCCCCCCNC(=O)Cn1c(-c2nc3cc4c(cc3n2CC(=O)NCCCCCCCCCCCC)OCCOCCOCCOCCO4)nc2cc3c(cc21)OCCOCCOCCOCCO3. The number of unbranched alkanes of at least 4 members (excludes halogenated alkanes) is 18. The molecule has 426 valence electrons. The van der Waals surface area contributed by atoms with Crippen molar-refractivity contribution < 1.29 is 57.0 Å². The highest BCUT2D eigenvalue weighted by Crippen LogP contribution is 2.38.